The predicted molar refractivity (Wildman–Crippen MR) is 179 cm³/mol. The lowest BCUT2D eigenvalue weighted by atomic mass is 9.83. The summed E-state index contributed by atoms with van der Waals surface area (Å²) >= 11 is 6.33. The first-order valence-electron chi connectivity index (χ1n) is 17.3. The molecule has 0 bridgehead atoms. The number of urea groups is 1. The summed E-state index contributed by atoms with van der Waals surface area (Å²) in [4.78, 5) is 42.2. The smallest absolute Gasteiger partial charge is 0.406 e. The normalized spacial score (nSPS) is 21.3. The van der Waals surface area contributed by atoms with Crippen LogP contribution in [0.4, 0.5) is 9.59 Å². The summed E-state index contributed by atoms with van der Waals surface area (Å²) in [6, 6.07) is 6.76. The minimum atomic E-state index is -0.991. The number of piperidine rings is 1. The Kier molecular flexibility index (Phi) is 15.8. The first kappa shape index (κ1) is 37.2. The van der Waals surface area contributed by atoms with Gasteiger partial charge in [0.25, 0.3) is 0 Å². The third-order valence-corrected chi connectivity index (χ3v) is 9.77. The third kappa shape index (κ3) is 12.7. The molecule has 1 aromatic rings. The highest BCUT2D eigenvalue weighted by molar-refractivity contribution is 6.30. The van der Waals surface area contributed by atoms with Crippen LogP contribution < -0.4 is 16.0 Å². The second-order valence-electron chi connectivity index (χ2n) is 13.0. The highest BCUT2D eigenvalue weighted by atomic mass is 35.5. The van der Waals surface area contributed by atoms with Crippen molar-refractivity contribution in [1.29, 1.82) is 0 Å². The van der Waals surface area contributed by atoms with Gasteiger partial charge in [-0.25, -0.2) is 9.59 Å². The third-order valence-electron chi connectivity index (χ3n) is 9.54. The summed E-state index contributed by atoms with van der Waals surface area (Å²) in [6.45, 7) is 5.95. The fraction of sp³-hybridized carbons (Fsp3) is 0.735. The fourth-order valence-corrected chi connectivity index (χ4v) is 7.17. The lowest BCUT2D eigenvalue weighted by Crippen LogP contribution is -2.53. The van der Waals surface area contributed by atoms with Gasteiger partial charge in [-0.2, -0.15) is 0 Å². The van der Waals surface area contributed by atoms with E-state index in [9.17, 15) is 19.5 Å². The van der Waals surface area contributed by atoms with Crippen LogP contribution in [0.3, 0.4) is 0 Å². The average Bonchev–Trinajstić information content (AvgIpc) is 3.08. The van der Waals surface area contributed by atoms with E-state index in [1.165, 1.54) is 13.5 Å². The number of hydrogen-bond donors (Lipinski definition) is 4. The van der Waals surface area contributed by atoms with Crippen LogP contribution in [-0.2, 0) is 19.0 Å². The Morgan fingerprint density at radius 3 is 2.57 bits per heavy atom. The Balaban J connectivity index is 1.36. The van der Waals surface area contributed by atoms with Crippen LogP contribution >= 0.6 is 11.6 Å². The Morgan fingerprint density at radius 1 is 1.04 bits per heavy atom. The molecule has 3 aliphatic rings. The van der Waals surface area contributed by atoms with E-state index in [2.05, 4.69) is 25.6 Å². The maximum absolute atomic E-state index is 13.8. The first-order chi connectivity index (χ1) is 22.8. The van der Waals surface area contributed by atoms with Gasteiger partial charge < -0.3 is 40.2 Å². The number of ether oxygens (including phenoxy) is 3. The number of morpholine rings is 1. The molecule has 4 amide bonds. The molecule has 47 heavy (non-hydrogen) atoms. The Labute approximate surface area is 284 Å². The molecule has 0 radical (unpaired) electrons. The SMILES string of the molecule is COC(=O)NCCO[C@@H](c1cccc(Cl)c1)[C@@H]1CCCN(C(=O)N[C@@H](CC2CCCCC2)[C@@H](O)CC(=O)NCCN2CCOCC2)C1. The first-order valence-corrected chi connectivity index (χ1v) is 17.7. The zero-order valence-electron chi connectivity index (χ0n) is 27.8. The summed E-state index contributed by atoms with van der Waals surface area (Å²) in [7, 11) is 1.31. The van der Waals surface area contributed by atoms with Crippen LogP contribution in [0.15, 0.2) is 24.3 Å². The van der Waals surface area contributed by atoms with Crippen LogP contribution in [0.2, 0.25) is 5.02 Å². The van der Waals surface area contributed by atoms with Gasteiger partial charge in [-0.1, -0.05) is 55.8 Å². The van der Waals surface area contributed by atoms with Gasteiger partial charge in [0.2, 0.25) is 5.91 Å². The number of halogens is 1. The number of hydrogen-bond acceptors (Lipinski definition) is 8. The number of alkyl carbamates (subject to hydrolysis) is 1. The molecule has 2 heterocycles. The van der Waals surface area contributed by atoms with Gasteiger partial charge in [0.1, 0.15) is 0 Å². The summed E-state index contributed by atoms with van der Waals surface area (Å²) in [6.07, 6.45) is 6.03. The summed E-state index contributed by atoms with van der Waals surface area (Å²) in [5, 5.41) is 20.6. The van der Waals surface area contributed by atoms with Gasteiger partial charge in [-0.05, 0) is 42.9 Å². The molecular weight excluding hydrogens is 626 g/mol. The topological polar surface area (TPSA) is 142 Å². The molecule has 0 spiro atoms. The molecule has 1 aliphatic carbocycles. The number of aliphatic hydroxyl groups is 1. The summed E-state index contributed by atoms with van der Waals surface area (Å²) in [5.74, 6) is 0.182. The molecule has 1 aromatic carbocycles. The van der Waals surface area contributed by atoms with E-state index >= 15 is 0 Å². The number of likely N-dealkylation sites (tertiary alicyclic amines) is 1. The van der Waals surface area contributed by atoms with Crippen molar-refractivity contribution >= 4 is 29.6 Å². The number of carbonyl (C=O) groups excluding carboxylic acids is 3. The summed E-state index contributed by atoms with van der Waals surface area (Å²) < 4.78 is 16.3. The zero-order valence-corrected chi connectivity index (χ0v) is 28.6. The van der Waals surface area contributed by atoms with Crippen molar-refractivity contribution in [3.8, 4) is 0 Å². The predicted octanol–water partition coefficient (Wildman–Crippen LogP) is 3.71. The Bertz CT molecular complexity index is 1120. The standard InChI is InChI=1S/C34H54ClN5O7/c1-45-34(44)37-13-18-47-32(26-9-5-11-28(35)22-26)27-10-6-14-40(24-27)33(43)38-29(21-25-7-3-2-4-8-25)30(41)23-31(42)36-12-15-39-16-19-46-20-17-39/h5,9,11,22,25,27,29-30,32,41H,2-4,6-8,10,12-21,23-24H2,1H3,(H,36,42)(H,37,44)(H,38,43)/t27-,29+,30+,32+/m1/s1. The van der Waals surface area contributed by atoms with Crippen LogP contribution in [-0.4, -0.2) is 118 Å². The van der Waals surface area contributed by atoms with E-state index in [0.29, 0.717) is 50.2 Å². The number of aliphatic hydroxyl groups excluding tert-OH is 1. The molecule has 3 fully saturated rings. The van der Waals surface area contributed by atoms with Crippen molar-refractivity contribution in [2.45, 2.75) is 76.0 Å². The maximum Gasteiger partial charge on any atom is 0.406 e. The number of nitrogens with one attached hydrogen (secondary N) is 3. The minimum Gasteiger partial charge on any atom is -0.453 e. The van der Waals surface area contributed by atoms with Crippen LogP contribution in [0, 0.1) is 11.8 Å². The molecule has 2 aliphatic heterocycles. The van der Waals surface area contributed by atoms with E-state index in [4.69, 9.17) is 21.1 Å². The maximum atomic E-state index is 13.8. The Morgan fingerprint density at radius 2 is 1.83 bits per heavy atom. The number of carbonyl (C=O) groups is 3. The van der Waals surface area contributed by atoms with E-state index in [1.54, 1.807) is 4.90 Å². The summed E-state index contributed by atoms with van der Waals surface area (Å²) in [5.41, 5.74) is 0.910. The van der Waals surface area contributed by atoms with Gasteiger partial charge in [-0.15, -0.1) is 0 Å². The number of nitrogens with zero attached hydrogens (tertiary/aromatic N) is 2. The minimum absolute atomic E-state index is 0.00921. The number of benzene rings is 1. The van der Waals surface area contributed by atoms with Crippen molar-refractivity contribution < 1.29 is 33.7 Å². The van der Waals surface area contributed by atoms with Crippen LogP contribution in [0.25, 0.3) is 0 Å². The fourth-order valence-electron chi connectivity index (χ4n) is 6.97. The second kappa shape index (κ2) is 20.0. The lowest BCUT2D eigenvalue weighted by Gasteiger charge is -2.38. The van der Waals surface area contributed by atoms with E-state index < -0.39 is 18.2 Å². The molecule has 12 nitrogen and oxygen atoms in total. The largest absolute Gasteiger partial charge is 0.453 e. The zero-order chi connectivity index (χ0) is 33.4. The van der Waals surface area contributed by atoms with Crippen LogP contribution in [0.1, 0.15) is 69.5 Å². The monoisotopic (exact) mass is 679 g/mol. The highest BCUT2D eigenvalue weighted by Gasteiger charge is 2.34. The number of rotatable bonds is 15. The molecular formula is C34H54ClN5O7. The van der Waals surface area contributed by atoms with E-state index in [1.807, 2.05) is 24.3 Å². The van der Waals surface area contributed by atoms with Gasteiger partial charge in [0, 0.05) is 56.8 Å². The van der Waals surface area contributed by atoms with Crippen molar-refractivity contribution in [2.24, 2.45) is 11.8 Å². The van der Waals surface area contributed by atoms with Gasteiger partial charge in [-0.3, -0.25) is 9.69 Å². The van der Waals surface area contributed by atoms with E-state index in [0.717, 1.165) is 63.7 Å². The molecule has 4 atom stereocenters. The second-order valence-corrected chi connectivity index (χ2v) is 13.4. The van der Waals surface area contributed by atoms with Crippen molar-refractivity contribution in [3.63, 3.8) is 0 Å². The van der Waals surface area contributed by atoms with E-state index in [-0.39, 0.29) is 43.5 Å². The van der Waals surface area contributed by atoms with Crippen molar-refractivity contribution in [1.82, 2.24) is 25.8 Å². The van der Waals surface area contributed by atoms with Gasteiger partial charge in [0.15, 0.2) is 0 Å². The Hall–Kier alpha value is -2.64. The quantitative estimate of drug-likeness (QED) is 0.206. The molecule has 1 saturated carbocycles. The lowest BCUT2D eigenvalue weighted by molar-refractivity contribution is -0.123. The van der Waals surface area contributed by atoms with Crippen molar-refractivity contribution in [3.05, 3.63) is 34.9 Å². The average molecular weight is 680 g/mol. The number of amides is 4. The highest BCUT2D eigenvalue weighted by Crippen LogP contribution is 2.34. The molecule has 0 aromatic heterocycles. The van der Waals surface area contributed by atoms with Crippen LogP contribution in [0.5, 0.6) is 0 Å². The van der Waals surface area contributed by atoms with Gasteiger partial charge in [0.05, 0.1) is 51.6 Å². The molecule has 4 N–H and O–H groups in total. The molecule has 13 heteroatoms. The van der Waals surface area contributed by atoms with Crippen molar-refractivity contribution in [2.75, 3.05) is 72.7 Å². The molecule has 4 rings (SSSR count). The molecule has 264 valence electrons. The molecule has 2 saturated heterocycles. The van der Waals surface area contributed by atoms with Gasteiger partial charge >= 0.3 is 12.1 Å². The molecule has 0 unspecified atom stereocenters. The number of methoxy groups -OCH3 is 1.